The van der Waals surface area contributed by atoms with Crippen molar-refractivity contribution in [1.82, 2.24) is 15.4 Å². The highest BCUT2D eigenvalue weighted by atomic mass is 16.6. The summed E-state index contributed by atoms with van der Waals surface area (Å²) in [6.45, 7) is 5.81. The van der Waals surface area contributed by atoms with E-state index in [-0.39, 0.29) is 18.7 Å². The van der Waals surface area contributed by atoms with Crippen LogP contribution in [-0.2, 0) is 16.1 Å². The van der Waals surface area contributed by atoms with E-state index in [1.54, 1.807) is 38.1 Å². The van der Waals surface area contributed by atoms with Gasteiger partial charge in [-0.3, -0.25) is 9.69 Å². The van der Waals surface area contributed by atoms with E-state index in [9.17, 15) is 14.4 Å². The summed E-state index contributed by atoms with van der Waals surface area (Å²) >= 11 is 0. The van der Waals surface area contributed by atoms with Crippen LogP contribution in [0.2, 0.25) is 0 Å². The second-order valence-electron chi connectivity index (χ2n) is 6.36. The van der Waals surface area contributed by atoms with E-state index in [4.69, 9.17) is 14.0 Å². The summed E-state index contributed by atoms with van der Waals surface area (Å²) in [5, 5.41) is 6.40. The Morgan fingerprint density at radius 1 is 1.32 bits per heavy atom. The van der Waals surface area contributed by atoms with Gasteiger partial charge in [-0.2, -0.15) is 0 Å². The predicted molar refractivity (Wildman–Crippen MR) is 96.7 cm³/mol. The first-order valence-corrected chi connectivity index (χ1v) is 8.82. The van der Waals surface area contributed by atoms with E-state index in [0.717, 1.165) is 10.5 Å². The zero-order chi connectivity index (χ0) is 20.3. The van der Waals surface area contributed by atoms with Crippen molar-refractivity contribution in [3.63, 3.8) is 0 Å². The van der Waals surface area contributed by atoms with Crippen molar-refractivity contribution in [2.24, 2.45) is 0 Å². The van der Waals surface area contributed by atoms with Gasteiger partial charge in [-0.15, -0.1) is 0 Å². The van der Waals surface area contributed by atoms with E-state index >= 15 is 0 Å². The number of imide groups is 1. The third-order valence-corrected chi connectivity index (χ3v) is 4.41. The van der Waals surface area contributed by atoms with E-state index in [2.05, 4.69) is 10.5 Å². The number of nitrogens with zero attached hydrogens (tertiary/aromatic N) is 2. The lowest BCUT2D eigenvalue weighted by Crippen LogP contribution is -2.41. The molecular weight excluding hydrogens is 366 g/mol. The molecule has 2 heterocycles. The SMILES string of the molecule is Cc1noc(C)c1COc1ccccc1C(=O)O[C@H](C)C(=O)N1CCNC1=O. The number of aromatic nitrogens is 1. The summed E-state index contributed by atoms with van der Waals surface area (Å²) in [5.41, 5.74) is 1.69. The molecule has 1 aromatic heterocycles. The predicted octanol–water partition coefficient (Wildman–Crippen LogP) is 1.97. The van der Waals surface area contributed by atoms with Gasteiger partial charge < -0.3 is 19.3 Å². The Balaban J connectivity index is 1.68. The van der Waals surface area contributed by atoms with Crippen molar-refractivity contribution >= 4 is 17.9 Å². The first-order chi connectivity index (χ1) is 13.4. The zero-order valence-electron chi connectivity index (χ0n) is 15.9. The summed E-state index contributed by atoms with van der Waals surface area (Å²) in [6, 6.07) is 6.08. The maximum atomic E-state index is 12.6. The number of para-hydroxylation sites is 1. The molecule has 1 atom stereocenters. The number of esters is 1. The molecule has 1 aliphatic rings. The molecule has 1 N–H and O–H groups in total. The summed E-state index contributed by atoms with van der Waals surface area (Å²) < 4.78 is 16.1. The number of hydrogen-bond donors (Lipinski definition) is 1. The van der Waals surface area contributed by atoms with Crippen LogP contribution >= 0.6 is 0 Å². The van der Waals surface area contributed by atoms with Crippen LogP contribution in [0, 0.1) is 13.8 Å². The van der Waals surface area contributed by atoms with E-state index < -0.39 is 24.0 Å². The Morgan fingerprint density at radius 2 is 2.07 bits per heavy atom. The highest BCUT2D eigenvalue weighted by Gasteiger charge is 2.32. The molecule has 148 valence electrons. The Kier molecular flexibility index (Phi) is 5.62. The van der Waals surface area contributed by atoms with Crippen LogP contribution in [0.5, 0.6) is 5.75 Å². The quantitative estimate of drug-likeness (QED) is 0.754. The van der Waals surface area contributed by atoms with Gasteiger partial charge in [0.25, 0.3) is 5.91 Å². The second kappa shape index (κ2) is 8.12. The number of carbonyl (C=O) groups excluding carboxylic acids is 3. The van der Waals surface area contributed by atoms with Crippen LogP contribution in [0.3, 0.4) is 0 Å². The molecule has 3 rings (SSSR count). The lowest BCUT2D eigenvalue weighted by Gasteiger charge is -2.19. The molecule has 1 aromatic carbocycles. The molecule has 0 bridgehead atoms. The molecule has 9 heteroatoms. The number of carbonyl (C=O) groups is 3. The number of amides is 3. The maximum absolute atomic E-state index is 12.6. The summed E-state index contributed by atoms with van der Waals surface area (Å²) in [5.74, 6) is -0.334. The van der Waals surface area contributed by atoms with E-state index in [1.165, 1.54) is 6.92 Å². The average Bonchev–Trinajstić information content (AvgIpc) is 3.25. The van der Waals surface area contributed by atoms with Gasteiger partial charge in [0.05, 0.1) is 11.3 Å². The molecule has 1 saturated heterocycles. The van der Waals surface area contributed by atoms with Crippen molar-refractivity contribution < 1.29 is 28.4 Å². The van der Waals surface area contributed by atoms with Crippen LogP contribution in [0.4, 0.5) is 4.79 Å². The van der Waals surface area contributed by atoms with E-state index in [0.29, 0.717) is 23.7 Å². The molecule has 0 spiro atoms. The van der Waals surface area contributed by atoms with Gasteiger partial charge in [-0.25, -0.2) is 9.59 Å². The third kappa shape index (κ3) is 3.98. The van der Waals surface area contributed by atoms with Crippen LogP contribution < -0.4 is 10.1 Å². The molecule has 0 aliphatic carbocycles. The zero-order valence-corrected chi connectivity index (χ0v) is 15.9. The van der Waals surface area contributed by atoms with Gasteiger partial charge in [0.15, 0.2) is 6.10 Å². The highest BCUT2D eigenvalue weighted by Crippen LogP contribution is 2.23. The Hall–Kier alpha value is -3.36. The van der Waals surface area contributed by atoms with Gasteiger partial charge in [0, 0.05) is 13.1 Å². The van der Waals surface area contributed by atoms with E-state index in [1.807, 2.05) is 0 Å². The van der Waals surface area contributed by atoms with Gasteiger partial charge in [-0.05, 0) is 32.9 Å². The molecule has 9 nitrogen and oxygen atoms in total. The monoisotopic (exact) mass is 387 g/mol. The molecule has 1 fully saturated rings. The number of rotatable bonds is 6. The highest BCUT2D eigenvalue weighted by molar-refractivity contribution is 6.00. The first kappa shape index (κ1) is 19.4. The first-order valence-electron chi connectivity index (χ1n) is 8.82. The molecular formula is C19H21N3O6. The van der Waals surface area contributed by atoms with Crippen LogP contribution in [-0.4, -0.2) is 47.2 Å². The maximum Gasteiger partial charge on any atom is 0.342 e. The number of nitrogens with one attached hydrogen (secondary N) is 1. The normalized spacial score (nSPS) is 14.5. The van der Waals surface area contributed by atoms with Crippen molar-refractivity contribution in [2.75, 3.05) is 13.1 Å². The smallest absolute Gasteiger partial charge is 0.342 e. The minimum absolute atomic E-state index is 0.174. The van der Waals surface area contributed by atoms with Crippen molar-refractivity contribution in [1.29, 1.82) is 0 Å². The van der Waals surface area contributed by atoms with Gasteiger partial charge >= 0.3 is 12.0 Å². The molecule has 2 aromatic rings. The third-order valence-electron chi connectivity index (χ3n) is 4.41. The summed E-state index contributed by atoms with van der Waals surface area (Å²) in [4.78, 5) is 37.5. The average molecular weight is 387 g/mol. The molecule has 3 amide bonds. The Labute approximate surface area is 161 Å². The molecule has 0 saturated carbocycles. The number of hydrogen-bond acceptors (Lipinski definition) is 7. The molecule has 0 unspecified atom stereocenters. The van der Waals surface area contributed by atoms with Crippen molar-refractivity contribution in [3.8, 4) is 5.75 Å². The lowest BCUT2D eigenvalue weighted by atomic mass is 10.2. The largest absolute Gasteiger partial charge is 0.488 e. The minimum atomic E-state index is -1.10. The number of ether oxygens (including phenoxy) is 2. The van der Waals surface area contributed by atoms with Gasteiger partial charge in [0.1, 0.15) is 23.7 Å². The fourth-order valence-electron chi connectivity index (χ4n) is 2.79. The standard InChI is InChI=1S/C19H21N3O6/c1-11-15(12(2)28-21-11)10-26-16-7-5-4-6-14(16)18(24)27-13(3)17(23)22-9-8-20-19(22)25/h4-7,13H,8-10H2,1-3H3,(H,20,25)/t13-/m1/s1. The molecule has 0 radical (unpaired) electrons. The topological polar surface area (TPSA) is 111 Å². The van der Waals surface area contributed by atoms with Crippen LogP contribution in [0.15, 0.2) is 28.8 Å². The number of benzene rings is 1. The van der Waals surface area contributed by atoms with Gasteiger partial charge in [-0.1, -0.05) is 17.3 Å². The number of urea groups is 1. The lowest BCUT2D eigenvalue weighted by molar-refractivity contribution is -0.136. The Morgan fingerprint density at radius 3 is 2.71 bits per heavy atom. The van der Waals surface area contributed by atoms with Crippen molar-refractivity contribution in [3.05, 3.63) is 46.8 Å². The summed E-state index contributed by atoms with van der Waals surface area (Å²) in [7, 11) is 0. The van der Waals surface area contributed by atoms with Crippen LogP contribution in [0.25, 0.3) is 0 Å². The minimum Gasteiger partial charge on any atom is -0.488 e. The van der Waals surface area contributed by atoms with Gasteiger partial charge in [0.2, 0.25) is 0 Å². The van der Waals surface area contributed by atoms with Crippen LogP contribution in [0.1, 0.15) is 34.3 Å². The molecule has 28 heavy (non-hydrogen) atoms. The second-order valence-corrected chi connectivity index (χ2v) is 6.36. The fraction of sp³-hybridized carbons (Fsp3) is 0.368. The Bertz CT molecular complexity index is 887. The summed E-state index contributed by atoms with van der Waals surface area (Å²) in [6.07, 6.45) is -1.10. The molecule has 1 aliphatic heterocycles. The van der Waals surface area contributed by atoms with Crippen molar-refractivity contribution in [2.45, 2.75) is 33.5 Å². The fourth-order valence-corrected chi connectivity index (χ4v) is 2.79. The number of aryl methyl sites for hydroxylation is 2.